The van der Waals surface area contributed by atoms with Gasteiger partial charge in [0.25, 0.3) is 0 Å². The van der Waals surface area contributed by atoms with Crippen molar-refractivity contribution in [3.05, 3.63) is 53.6 Å². The predicted octanol–water partition coefficient (Wildman–Crippen LogP) is 4.01. The SMILES string of the molecule is CN1CCN(c2cccc3nc(CN(CC4CC4)C4CCCc5cccnc54)n(C)c23)CC1. The molecule has 0 radical (unpaired) electrons. The van der Waals surface area contributed by atoms with E-state index in [1.54, 1.807) is 0 Å². The normalized spacial score (nSPS) is 21.7. The number of aryl methyl sites for hydroxylation is 2. The van der Waals surface area contributed by atoms with E-state index in [9.17, 15) is 0 Å². The Morgan fingerprint density at radius 2 is 1.85 bits per heavy atom. The van der Waals surface area contributed by atoms with E-state index in [0.717, 1.165) is 57.1 Å². The minimum Gasteiger partial charge on any atom is -0.367 e. The van der Waals surface area contributed by atoms with Gasteiger partial charge in [-0.15, -0.1) is 0 Å². The third-order valence-electron chi connectivity index (χ3n) is 7.95. The Hall–Kier alpha value is -2.44. The maximum Gasteiger partial charge on any atom is 0.123 e. The Morgan fingerprint density at radius 3 is 2.67 bits per heavy atom. The van der Waals surface area contributed by atoms with Gasteiger partial charge in [-0.05, 0) is 68.8 Å². The molecule has 0 bridgehead atoms. The van der Waals surface area contributed by atoms with Crippen molar-refractivity contribution in [2.24, 2.45) is 13.0 Å². The Morgan fingerprint density at radius 1 is 1.00 bits per heavy atom. The number of para-hydroxylation sites is 1. The highest BCUT2D eigenvalue weighted by molar-refractivity contribution is 5.89. The number of hydrogen-bond acceptors (Lipinski definition) is 5. The topological polar surface area (TPSA) is 40.4 Å². The molecule has 0 amide bonds. The fourth-order valence-corrected chi connectivity index (χ4v) is 5.80. The first-order valence-corrected chi connectivity index (χ1v) is 12.7. The van der Waals surface area contributed by atoms with Gasteiger partial charge >= 0.3 is 0 Å². The van der Waals surface area contributed by atoms with Gasteiger partial charge in [-0.25, -0.2) is 4.98 Å². The number of piperazine rings is 1. The molecule has 174 valence electrons. The number of aromatic nitrogens is 3. The number of fused-ring (bicyclic) bond motifs is 2. The molecule has 1 atom stereocenters. The highest BCUT2D eigenvalue weighted by Crippen LogP contribution is 2.38. The van der Waals surface area contributed by atoms with Crippen LogP contribution in [0.25, 0.3) is 11.0 Å². The van der Waals surface area contributed by atoms with Crippen LogP contribution in [0.15, 0.2) is 36.5 Å². The van der Waals surface area contributed by atoms with Crippen LogP contribution in [0.4, 0.5) is 5.69 Å². The van der Waals surface area contributed by atoms with Gasteiger partial charge in [0.05, 0.1) is 35.0 Å². The largest absolute Gasteiger partial charge is 0.367 e. The summed E-state index contributed by atoms with van der Waals surface area (Å²) in [4.78, 5) is 17.7. The number of pyridine rings is 1. The second-order valence-electron chi connectivity index (χ2n) is 10.4. The van der Waals surface area contributed by atoms with Crippen molar-refractivity contribution in [1.82, 2.24) is 24.3 Å². The molecule has 33 heavy (non-hydrogen) atoms. The van der Waals surface area contributed by atoms with Crippen molar-refractivity contribution < 1.29 is 0 Å². The zero-order chi connectivity index (χ0) is 22.4. The van der Waals surface area contributed by atoms with Crippen LogP contribution in [0.1, 0.15) is 48.8 Å². The Bertz CT molecular complexity index is 1120. The fourth-order valence-electron chi connectivity index (χ4n) is 5.80. The zero-order valence-corrected chi connectivity index (χ0v) is 20.1. The van der Waals surface area contributed by atoms with E-state index < -0.39 is 0 Å². The van der Waals surface area contributed by atoms with Crippen molar-refractivity contribution >= 4 is 16.7 Å². The summed E-state index contributed by atoms with van der Waals surface area (Å²) < 4.78 is 2.37. The smallest absolute Gasteiger partial charge is 0.123 e. The van der Waals surface area contributed by atoms with Gasteiger partial charge in [0.1, 0.15) is 5.82 Å². The lowest BCUT2D eigenvalue weighted by molar-refractivity contribution is 0.153. The minimum absolute atomic E-state index is 0.410. The quantitative estimate of drug-likeness (QED) is 0.575. The molecule has 3 aliphatic rings. The maximum atomic E-state index is 5.16. The average molecular weight is 445 g/mol. The highest BCUT2D eigenvalue weighted by Gasteiger charge is 2.33. The molecule has 1 aliphatic heterocycles. The molecule has 6 rings (SSSR count). The number of nitrogens with zero attached hydrogens (tertiary/aromatic N) is 6. The van der Waals surface area contributed by atoms with Gasteiger partial charge in [-0.1, -0.05) is 12.1 Å². The first-order valence-electron chi connectivity index (χ1n) is 12.7. The Balaban J connectivity index is 1.33. The highest BCUT2D eigenvalue weighted by atomic mass is 15.3. The summed E-state index contributed by atoms with van der Waals surface area (Å²) in [6, 6.07) is 11.4. The molecule has 2 aliphatic carbocycles. The van der Waals surface area contributed by atoms with E-state index in [2.05, 4.69) is 63.7 Å². The van der Waals surface area contributed by atoms with Gasteiger partial charge < -0.3 is 14.4 Å². The van der Waals surface area contributed by atoms with E-state index in [4.69, 9.17) is 9.97 Å². The molecular formula is C27H36N6. The fraction of sp³-hybridized carbons (Fsp3) is 0.556. The van der Waals surface area contributed by atoms with Crippen LogP contribution in [0.5, 0.6) is 0 Å². The van der Waals surface area contributed by atoms with Gasteiger partial charge in [0, 0.05) is 46.0 Å². The predicted molar refractivity (Wildman–Crippen MR) is 133 cm³/mol. The lowest BCUT2D eigenvalue weighted by atomic mass is 9.90. The summed E-state index contributed by atoms with van der Waals surface area (Å²) in [6.07, 6.45) is 8.33. The van der Waals surface area contributed by atoms with E-state index in [-0.39, 0.29) is 0 Å². The molecule has 3 heterocycles. The van der Waals surface area contributed by atoms with Gasteiger partial charge in [0.15, 0.2) is 0 Å². The third-order valence-corrected chi connectivity index (χ3v) is 7.95. The first-order chi connectivity index (χ1) is 16.2. The van der Waals surface area contributed by atoms with Crippen LogP contribution in [0.3, 0.4) is 0 Å². The number of rotatable bonds is 6. The van der Waals surface area contributed by atoms with Crippen LogP contribution in [-0.2, 0) is 20.0 Å². The standard InChI is InChI=1S/C27H36N6/c1-30-14-16-32(17-15-30)24-10-4-8-22-27(24)31(2)25(29-22)19-33(18-20-11-12-20)23-9-3-6-21-7-5-13-28-26(21)23/h4-5,7-8,10,13,20,23H,3,6,9,11-12,14-19H2,1-2H3. The Labute approximate surface area is 197 Å². The summed E-state index contributed by atoms with van der Waals surface area (Å²) in [6.45, 7) is 6.44. The molecule has 1 aromatic carbocycles. The van der Waals surface area contributed by atoms with Crippen LogP contribution in [0.2, 0.25) is 0 Å². The Kier molecular flexibility index (Phi) is 5.59. The van der Waals surface area contributed by atoms with Gasteiger partial charge in [-0.2, -0.15) is 0 Å². The first kappa shape index (κ1) is 21.1. The zero-order valence-electron chi connectivity index (χ0n) is 20.1. The lowest BCUT2D eigenvalue weighted by Gasteiger charge is -2.35. The minimum atomic E-state index is 0.410. The molecule has 2 aromatic heterocycles. The molecule has 1 saturated heterocycles. The average Bonchev–Trinajstić information content (AvgIpc) is 3.61. The summed E-state index contributed by atoms with van der Waals surface area (Å²) in [5.41, 5.74) is 6.49. The number of hydrogen-bond donors (Lipinski definition) is 0. The molecule has 0 N–H and O–H groups in total. The number of likely N-dealkylation sites (N-methyl/N-ethyl adjacent to an activating group) is 1. The van der Waals surface area contributed by atoms with E-state index in [0.29, 0.717) is 6.04 Å². The van der Waals surface area contributed by atoms with Crippen LogP contribution >= 0.6 is 0 Å². The molecule has 1 saturated carbocycles. The molecule has 2 fully saturated rings. The van der Waals surface area contributed by atoms with Gasteiger partial charge in [-0.3, -0.25) is 9.88 Å². The lowest BCUT2D eigenvalue weighted by Crippen LogP contribution is -2.44. The number of anilines is 1. The van der Waals surface area contributed by atoms with Crippen molar-refractivity contribution in [3.8, 4) is 0 Å². The third kappa shape index (κ3) is 4.15. The molecule has 6 heteroatoms. The van der Waals surface area contributed by atoms with Crippen LogP contribution in [-0.4, -0.2) is 64.1 Å². The monoisotopic (exact) mass is 444 g/mol. The molecule has 3 aromatic rings. The van der Waals surface area contributed by atoms with E-state index >= 15 is 0 Å². The molecular weight excluding hydrogens is 408 g/mol. The second-order valence-corrected chi connectivity index (χ2v) is 10.4. The van der Waals surface area contributed by atoms with E-state index in [1.165, 1.54) is 54.0 Å². The van der Waals surface area contributed by atoms with Crippen molar-refractivity contribution in [3.63, 3.8) is 0 Å². The van der Waals surface area contributed by atoms with Crippen molar-refractivity contribution in [2.75, 3.05) is 44.7 Å². The van der Waals surface area contributed by atoms with Crippen molar-refractivity contribution in [2.45, 2.75) is 44.7 Å². The summed E-state index contributed by atoms with van der Waals surface area (Å²) >= 11 is 0. The van der Waals surface area contributed by atoms with Crippen molar-refractivity contribution in [1.29, 1.82) is 0 Å². The molecule has 1 unspecified atom stereocenters. The molecule has 6 nitrogen and oxygen atoms in total. The van der Waals surface area contributed by atoms with Gasteiger partial charge in [0.2, 0.25) is 0 Å². The van der Waals surface area contributed by atoms with Crippen LogP contribution in [0, 0.1) is 5.92 Å². The molecule has 0 spiro atoms. The maximum absolute atomic E-state index is 5.16. The number of imidazole rings is 1. The summed E-state index contributed by atoms with van der Waals surface area (Å²) in [5, 5.41) is 0. The van der Waals surface area contributed by atoms with Crippen LogP contribution < -0.4 is 4.90 Å². The van der Waals surface area contributed by atoms with E-state index in [1.807, 2.05) is 6.20 Å². The number of benzene rings is 1. The summed E-state index contributed by atoms with van der Waals surface area (Å²) in [5.74, 6) is 2.02. The second kappa shape index (κ2) is 8.73. The summed E-state index contributed by atoms with van der Waals surface area (Å²) in [7, 11) is 4.43.